The summed E-state index contributed by atoms with van der Waals surface area (Å²) in [5.74, 6) is 0. The molecule has 0 saturated carbocycles. The average Bonchev–Trinajstić information content (AvgIpc) is 1.61. The molecule has 0 aliphatic carbocycles. The molecule has 0 aromatic rings. The highest BCUT2D eigenvalue weighted by molar-refractivity contribution is 4.75. The molecule has 0 rings (SSSR count). The van der Waals surface area contributed by atoms with E-state index in [1.807, 2.05) is 6.04 Å². The van der Waals surface area contributed by atoms with Crippen molar-refractivity contribution in [2.24, 2.45) is 10.2 Å². The van der Waals surface area contributed by atoms with E-state index in [0.717, 1.165) is 0 Å². The first-order valence-electron chi connectivity index (χ1n) is 1.36. The molecule has 0 atom stereocenters. The zero-order valence-corrected chi connectivity index (χ0v) is 3.42. The van der Waals surface area contributed by atoms with Crippen LogP contribution in [-0.4, -0.2) is 7.05 Å². The van der Waals surface area contributed by atoms with Crippen LogP contribution in [0.3, 0.4) is 0 Å². The monoisotopic (exact) mass is 82.0 g/mol. The van der Waals surface area contributed by atoms with Crippen LogP contribution in [0.25, 0.3) is 0 Å². The maximum Gasteiger partial charge on any atom is 0.232 e. The SMILES string of the molecule is C#CN=[N+]=NC. The lowest BCUT2D eigenvalue weighted by Gasteiger charge is -1.29. The minimum atomic E-state index is 1.50. The van der Waals surface area contributed by atoms with E-state index < -0.39 is 0 Å². The summed E-state index contributed by atoms with van der Waals surface area (Å²) in [6.07, 6.45) is 4.64. The standard InChI is InChI=1S/C3H4N3/c1-3-5-6-4-2/h1H,2H3/q+1. The molecule has 0 amide bonds. The summed E-state index contributed by atoms with van der Waals surface area (Å²) in [5, 5.41) is 6.32. The van der Waals surface area contributed by atoms with E-state index in [1.165, 1.54) is 7.05 Å². The van der Waals surface area contributed by atoms with Crippen LogP contribution in [0.1, 0.15) is 0 Å². The Hall–Kier alpha value is -1.13. The lowest BCUT2D eigenvalue weighted by molar-refractivity contribution is 1.03. The molecule has 0 N–H and O–H groups in total. The van der Waals surface area contributed by atoms with Crippen molar-refractivity contribution in [3.8, 4) is 12.5 Å². The maximum atomic E-state index is 4.64. The van der Waals surface area contributed by atoms with Gasteiger partial charge in [-0.15, -0.1) is 0 Å². The molecule has 6 heavy (non-hydrogen) atoms. The van der Waals surface area contributed by atoms with Gasteiger partial charge >= 0.3 is 0 Å². The third-order valence-electron chi connectivity index (χ3n) is 0.192. The Morgan fingerprint density at radius 1 is 1.83 bits per heavy atom. The van der Waals surface area contributed by atoms with E-state index in [0.29, 0.717) is 0 Å². The molecule has 0 aromatic heterocycles. The molecule has 0 saturated heterocycles. The summed E-state index contributed by atoms with van der Waals surface area (Å²) in [6, 6.07) is 1.93. The Balaban J connectivity index is 3.56. The van der Waals surface area contributed by atoms with Crippen LogP contribution >= 0.6 is 0 Å². The van der Waals surface area contributed by atoms with Crippen molar-refractivity contribution in [3.63, 3.8) is 0 Å². The van der Waals surface area contributed by atoms with E-state index in [2.05, 4.69) is 21.6 Å². The molecule has 0 fully saturated rings. The Kier molecular flexibility index (Phi) is 3.14. The van der Waals surface area contributed by atoms with E-state index in [9.17, 15) is 0 Å². The lowest BCUT2D eigenvalue weighted by Crippen LogP contribution is -1.53. The summed E-state index contributed by atoms with van der Waals surface area (Å²) in [7, 11) is 1.50. The van der Waals surface area contributed by atoms with Crippen molar-refractivity contribution in [2.45, 2.75) is 0 Å². The average molecular weight is 82.1 g/mol. The van der Waals surface area contributed by atoms with E-state index >= 15 is 0 Å². The van der Waals surface area contributed by atoms with Gasteiger partial charge in [0.15, 0.2) is 0 Å². The molecule has 0 unspecified atom stereocenters. The first kappa shape index (κ1) is 4.87. The van der Waals surface area contributed by atoms with Crippen LogP contribution in [0.15, 0.2) is 10.2 Å². The molecule has 30 valence electrons. The van der Waals surface area contributed by atoms with Gasteiger partial charge in [-0.05, 0) is 0 Å². The minimum absolute atomic E-state index is 1.50. The zero-order valence-electron chi connectivity index (χ0n) is 3.42. The Morgan fingerprint density at radius 2 is 2.50 bits per heavy atom. The fourth-order valence-corrected chi connectivity index (χ4v) is 0.0705. The number of hydrogen-bond donors (Lipinski definition) is 0. The van der Waals surface area contributed by atoms with Crippen molar-refractivity contribution < 1.29 is 0 Å². The Bertz CT molecular complexity index is 112. The van der Waals surface area contributed by atoms with Crippen molar-refractivity contribution >= 4 is 0 Å². The molecule has 0 aliphatic heterocycles. The molecular weight excluding hydrogens is 78.1 g/mol. The largest absolute Gasteiger partial charge is 0.232 e. The molecule has 0 bridgehead atoms. The third kappa shape index (κ3) is 2.87. The normalized spacial score (nSPS) is 4.67. The summed E-state index contributed by atoms with van der Waals surface area (Å²) in [6.45, 7) is 0. The van der Waals surface area contributed by atoms with Gasteiger partial charge in [0.2, 0.25) is 10.0 Å². The van der Waals surface area contributed by atoms with E-state index in [-0.39, 0.29) is 0 Å². The van der Waals surface area contributed by atoms with Gasteiger partial charge in [-0.2, -0.15) is 0 Å². The first-order valence-corrected chi connectivity index (χ1v) is 1.36. The Morgan fingerprint density at radius 3 is 2.67 bits per heavy atom. The van der Waals surface area contributed by atoms with Gasteiger partial charge < -0.3 is 0 Å². The van der Waals surface area contributed by atoms with Crippen molar-refractivity contribution in [2.75, 3.05) is 7.05 Å². The zero-order chi connectivity index (χ0) is 4.83. The molecule has 0 spiro atoms. The second-order valence-electron chi connectivity index (χ2n) is 0.519. The predicted octanol–water partition coefficient (Wildman–Crippen LogP) is 0.178. The predicted molar refractivity (Wildman–Crippen MR) is 21.7 cm³/mol. The number of rotatable bonds is 0. The molecule has 0 aliphatic rings. The van der Waals surface area contributed by atoms with Crippen LogP contribution < -0.4 is 4.91 Å². The maximum absolute atomic E-state index is 4.64. The van der Waals surface area contributed by atoms with Crippen LogP contribution in [0.4, 0.5) is 0 Å². The summed E-state index contributed by atoms with van der Waals surface area (Å²) >= 11 is 0. The first-order chi connectivity index (χ1) is 2.91. The molecular formula is C3H4N3+. The van der Waals surface area contributed by atoms with Gasteiger partial charge in [0.25, 0.3) is 0 Å². The van der Waals surface area contributed by atoms with Crippen LogP contribution in [-0.2, 0) is 0 Å². The van der Waals surface area contributed by atoms with Crippen LogP contribution in [0.2, 0.25) is 0 Å². The number of nitrogens with zero attached hydrogens (tertiary/aromatic N) is 3. The molecule has 0 aromatic carbocycles. The second-order valence-corrected chi connectivity index (χ2v) is 0.519. The van der Waals surface area contributed by atoms with Crippen molar-refractivity contribution in [1.29, 1.82) is 0 Å². The number of terminal acetylenes is 1. The third-order valence-corrected chi connectivity index (χ3v) is 0.192. The van der Waals surface area contributed by atoms with Gasteiger partial charge in [0.1, 0.15) is 18.2 Å². The highest BCUT2D eigenvalue weighted by Gasteiger charge is 1.62. The van der Waals surface area contributed by atoms with Gasteiger partial charge in [-0.25, -0.2) is 0 Å². The minimum Gasteiger partial charge on any atom is -0.0875 e. The van der Waals surface area contributed by atoms with Crippen LogP contribution in [0.5, 0.6) is 0 Å². The van der Waals surface area contributed by atoms with Gasteiger partial charge in [0.05, 0.1) is 0 Å². The van der Waals surface area contributed by atoms with Gasteiger partial charge in [0, 0.05) is 0 Å². The fraction of sp³-hybridized carbons (Fsp3) is 0.333. The summed E-state index contributed by atoms with van der Waals surface area (Å²) in [5.41, 5.74) is 0. The fourth-order valence-electron chi connectivity index (χ4n) is 0.0705. The molecule has 3 nitrogen and oxygen atoms in total. The van der Waals surface area contributed by atoms with Crippen LogP contribution in [0, 0.1) is 12.5 Å². The molecule has 3 heteroatoms. The summed E-state index contributed by atoms with van der Waals surface area (Å²) in [4.78, 5) is 3.10. The van der Waals surface area contributed by atoms with E-state index in [4.69, 9.17) is 0 Å². The van der Waals surface area contributed by atoms with E-state index in [1.54, 1.807) is 0 Å². The van der Waals surface area contributed by atoms with Crippen molar-refractivity contribution in [1.82, 2.24) is 4.91 Å². The highest BCUT2D eigenvalue weighted by Crippen LogP contribution is 1.45. The molecule has 0 heterocycles. The summed E-state index contributed by atoms with van der Waals surface area (Å²) < 4.78 is 0. The topological polar surface area (TPSA) is 38.8 Å². The quantitative estimate of drug-likeness (QED) is 0.227. The highest BCUT2D eigenvalue weighted by atomic mass is 15.2. The number of hydrogen-bond acceptors (Lipinski definition) is 2. The van der Waals surface area contributed by atoms with Gasteiger partial charge in [-0.3, -0.25) is 0 Å². The van der Waals surface area contributed by atoms with Crippen molar-refractivity contribution in [3.05, 3.63) is 0 Å². The molecule has 0 radical (unpaired) electrons. The lowest BCUT2D eigenvalue weighted by atomic mass is 11.2. The van der Waals surface area contributed by atoms with Gasteiger partial charge in [-0.1, -0.05) is 6.42 Å². The smallest absolute Gasteiger partial charge is 0.0875 e. The Labute approximate surface area is 35.8 Å². The second kappa shape index (κ2) is 3.87.